The summed E-state index contributed by atoms with van der Waals surface area (Å²) in [5.41, 5.74) is 6.31. The molecular formula is C29H28N4O3. The average molecular weight is 481 g/mol. The summed E-state index contributed by atoms with van der Waals surface area (Å²) in [4.78, 5) is 19.8. The van der Waals surface area contributed by atoms with Gasteiger partial charge in [0.05, 0.1) is 24.4 Å². The van der Waals surface area contributed by atoms with Crippen molar-refractivity contribution in [2.75, 3.05) is 12.0 Å². The Labute approximate surface area is 210 Å². The van der Waals surface area contributed by atoms with Crippen molar-refractivity contribution in [1.29, 1.82) is 0 Å². The van der Waals surface area contributed by atoms with Gasteiger partial charge in [0.15, 0.2) is 0 Å². The van der Waals surface area contributed by atoms with Crippen molar-refractivity contribution in [3.63, 3.8) is 0 Å². The molecule has 1 aliphatic rings. The van der Waals surface area contributed by atoms with Crippen LogP contribution in [0.4, 0.5) is 10.5 Å². The Bertz CT molecular complexity index is 1420. The highest BCUT2D eigenvalue weighted by Crippen LogP contribution is 2.39. The van der Waals surface area contributed by atoms with Crippen LogP contribution in [0.5, 0.6) is 5.75 Å². The van der Waals surface area contributed by atoms with E-state index in [9.17, 15) is 4.79 Å². The van der Waals surface area contributed by atoms with Crippen molar-refractivity contribution in [3.05, 3.63) is 101 Å². The number of carbonyl (C=O) groups is 1. The lowest BCUT2D eigenvalue weighted by atomic mass is 9.94. The average Bonchev–Trinajstić information content (AvgIpc) is 3.39. The van der Waals surface area contributed by atoms with Crippen LogP contribution in [0.2, 0.25) is 0 Å². The van der Waals surface area contributed by atoms with E-state index in [0.29, 0.717) is 17.5 Å². The second-order valence-electron chi connectivity index (χ2n) is 8.80. The van der Waals surface area contributed by atoms with Crippen molar-refractivity contribution in [2.45, 2.75) is 33.2 Å². The zero-order valence-electron chi connectivity index (χ0n) is 20.8. The maximum Gasteiger partial charge on any atom is 0.326 e. The molecule has 1 atom stereocenters. The summed E-state index contributed by atoms with van der Waals surface area (Å²) >= 11 is 0. The van der Waals surface area contributed by atoms with Gasteiger partial charge in [-0.15, -0.1) is 0 Å². The van der Waals surface area contributed by atoms with Crippen LogP contribution in [0, 0.1) is 6.92 Å². The molecular weight excluding hydrogens is 452 g/mol. The van der Waals surface area contributed by atoms with E-state index >= 15 is 0 Å². The molecule has 182 valence electrons. The molecule has 36 heavy (non-hydrogen) atoms. The quantitative estimate of drug-likeness (QED) is 0.349. The van der Waals surface area contributed by atoms with Gasteiger partial charge in [-0.2, -0.15) is 4.98 Å². The molecule has 0 bridgehead atoms. The molecule has 1 aromatic heterocycles. The van der Waals surface area contributed by atoms with Crippen molar-refractivity contribution in [1.82, 2.24) is 15.5 Å². The van der Waals surface area contributed by atoms with Gasteiger partial charge in [0, 0.05) is 11.3 Å². The number of ether oxygens (including phenoxy) is 1. The van der Waals surface area contributed by atoms with Crippen LogP contribution >= 0.6 is 0 Å². The van der Waals surface area contributed by atoms with Crippen LogP contribution in [0.3, 0.4) is 0 Å². The van der Waals surface area contributed by atoms with Gasteiger partial charge in [-0.25, -0.2) is 4.79 Å². The molecule has 1 unspecified atom stereocenters. The smallest absolute Gasteiger partial charge is 0.326 e. The minimum atomic E-state index is -0.442. The molecule has 0 spiro atoms. The maximum atomic E-state index is 13.4. The molecule has 1 N–H and O–H groups in total. The van der Waals surface area contributed by atoms with E-state index in [-0.39, 0.29) is 6.03 Å². The standard InChI is InChI=1S/C29H28N4O3/c1-5-20-11-15-23(16-12-20)33-19(3)25(26(30-29(33)34)21-13-9-18(2)10-14-21)28-31-27(32-36-28)22-7-6-8-24(17-22)35-4/h6-17,26H,5H2,1-4H3,(H,30,34). The number of anilines is 1. The maximum absolute atomic E-state index is 13.4. The molecule has 1 aliphatic heterocycles. The first-order valence-electron chi connectivity index (χ1n) is 11.9. The first-order chi connectivity index (χ1) is 17.5. The molecule has 7 nitrogen and oxygen atoms in total. The largest absolute Gasteiger partial charge is 0.497 e. The van der Waals surface area contributed by atoms with Gasteiger partial charge < -0.3 is 14.6 Å². The number of methoxy groups -OCH3 is 1. The molecule has 3 aromatic carbocycles. The van der Waals surface area contributed by atoms with Crippen LogP contribution in [0.15, 0.2) is 83.0 Å². The number of aromatic nitrogens is 2. The highest BCUT2D eigenvalue weighted by Gasteiger charge is 2.36. The minimum absolute atomic E-state index is 0.210. The third kappa shape index (κ3) is 4.35. The summed E-state index contributed by atoms with van der Waals surface area (Å²) in [6.45, 7) is 6.05. The molecule has 2 amide bonds. The number of nitrogens with one attached hydrogen (secondary N) is 1. The van der Waals surface area contributed by atoms with E-state index in [1.165, 1.54) is 5.56 Å². The van der Waals surface area contributed by atoms with E-state index in [4.69, 9.17) is 14.2 Å². The summed E-state index contributed by atoms with van der Waals surface area (Å²) in [5, 5.41) is 7.40. The van der Waals surface area contributed by atoms with Crippen LogP contribution in [-0.4, -0.2) is 23.3 Å². The first kappa shape index (κ1) is 23.4. The predicted octanol–water partition coefficient (Wildman–Crippen LogP) is 6.32. The highest BCUT2D eigenvalue weighted by molar-refractivity contribution is 6.01. The topological polar surface area (TPSA) is 80.5 Å². The molecule has 5 rings (SSSR count). The zero-order chi connectivity index (χ0) is 25.2. The number of nitrogens with zero attached hydrogens (tertiary/aromatic N) is 3. The minimum Gasteiger partial charge on any atom is -0.497 e. The summed E-state index contributed by atoms with van der Waals surface area (Å²) < 4.78 is 11.1. The third-order valence-electron chi connectivity index (χ3n) is 6.48. The summed E-state index contributed by atoms with van der Waals surface area (Å²) in [5.74, 6) is 1.51. The number of hydrogen-bond acceptors (Lipinski definition) is 5. The van der Waals surface area contributed by atoms with E-state index in [2.05, 4.69) is 17.4 Å². The normalized spacial score (nSPS) is 15.7. The van der Waals surface area contributed by atoms with E-state index < -0.39 is 6.04 Å². The number of urea groups is 1. The van der Waals surface area contributed by atoms with Crippen molar-refractivity contribution >= 4 is 17.3 Å². The Morgan fingerprint density at radius 3 is 2.47 bits per heavy atom. The number of benzene rings is 3. The first-order valence-corrected chi connectivity index (χ1v) is 11.9. The number of carbonyl (C=O) groups excluding carboxylic acids is 1. The molecule has 4 aromatic rings. The molecule has 0 radical (unpaired) electrons. The van der Waals surface area contributed by atoms with Gasteiger partial charge in [0.25, 0.3) is 5.89 Å². The number of hydrogen-bond donors (Lipinski definition) is 1. The van der Waals surface area contributed by atoms with E-state index in [0.717, 1.165) is 40.1 Å². The molecule has 0 fully saturated rings. The van der Waals surface area contributed by atoms with Crippen molar-refractivity contribution in [2.24, 2.45) is 0 Å². The molecule has 7 heteroatoms. The van der Waals surface area contributed by atoms with E-state index in [1.807, 2.05) is 86.6 Å². The number of rotatable bonds is 6. The fourth-order valence-corrected chi connectivity index (χ4v) is 4.43. The SMILES string of the molecule is CCc1ccc(N2C(=O)NC(c3ccc(C)cc3)C(c3nc(-c4cccc(OC)c4)no3)=C2C)cc1. The van der Waals surface area contributed by atoms with Crippen molar-refractivity contribution < 1.29 is 14.1 Å². The lowest BCUT2D eigenvalue weighted by Gasteiger charge is -2.35. The second kappa shape index (κ2) is 9.70. The van der Waals surface area contributed by atoms with Gasteiger partial charge >= 0.3 is 6.03 Å². The van der Waals surface area contributed by atoms with Crippen LogP contribution in [0.25, 0.3) is 17.0 Å². The Balaban J connectivity index is 1.63. The van der Waals surface area contributed by atoms with E-state index in [1.54, 1.807) is 12.0 Å². The third-order valence-corrected chi connectivity index (χ3v) is 6.48. The Morgan fingerprint density at radius 2 is 1.78 bits per heavy atom. The van der Waals surface area contributed by atoms with Gasteiger partial charge in [-0.05, 0) is 55.7 Å². The van der Waals surface area contributed by atoms with Gasteiger partial charge in [-0.3, -0.25) is 4.90 Å². The summed E-state index contributed by atoms with van der Waals surface area (Å²) in [6, 6.07) is 22.9. The number of amides is 2. The second-order valence-corrected chi connectivity index (χ2v) is 8.80. The Hall–Kier alpha value is -4.39. The molecule has 0 saturated heterocycles. The monoisotopic (exact) mass is 480 g/mol. The lowest BCUT2D eigenvalue weighted by molar-refractivity contribution is 0.244. The fourth-order valence-electron chi connectivity index (χ4n) is 4.43. The summed E-state index contributed by atoms with van der Waals surface area (Å²) in [6.07, 6.45) is 0.928. The molecule has 0 aliphatic carbocycles. The zero-order valence-corrected chi connectivity index (χ0v) is 20.8. The van der Waals surface area contributed by atoms with Gasteiger partial charge in [0.1, 0.15) is 5.75 Å². The Kier molecular flexibility index (Phi) is 6.29. The highest BCUT2D eigenvalue weighted by atomic mass is 16.5. The van der Waals surface area contributed by atoms with Crippen LogP contribution in [0.1, 0.15) is 42.5 Å². The van der Waals surface area contributed by atoms with Crippen molar-refractivity contribution in [3.8, 4) is 17.1 Å². The molecule has 2 heterocycles. The fraction of sp³-hybridized carbons (Fsp3) is 0.207. The molecule has 0 saturated carbocycles. The van der Waals surface area contributed by atoms with Gasteiger partial charge in [-0.1, -0.05) is 66.2 Å². The van der Waals surface area contributed by atoms with Crippen LogP contribution in [-0.2, 0) is 6.42 Å². The summed E-state index contributed by atoms with van der Waals surface area (Å²) in [7, 11) is 1.62. The van der Waals surface area contributed by atoms with Gasteiger partial charge in [0.2, 0.25) is 5.82 Å². The predicted molar refractivity (Wildman–Crippen MR) is 140 cm³/mol. The van der Waals surface area contributed by atoms with Crippen LogP contribution < -0.4 is 15.0 Å². The Morgan fingerprint density at radius 1 is 1.03 bits per heavy atom. The number of allylic oxidation sites excluding steroid dienone is 1. The lowest BCUT2D eigenvalue weighted by Crippen LogP contribution is -2.46. The number of aryl methyl sites for hydroxylation is 2.